The second-order valence-corrected chi connectivity index (χ2v) is 5.32. The number of rotatable bonds is 7. The van der Waals surface area contributed by atoms with Gasteiger partial charge in [-0.15, -0.1) is 11.6 Å². The molecule has 2 rings (SSSR count). The molecule has 21 heavy (non-hydrogen) atoms. The van der Waals surface area contributed by atoms with Crippen LogP contribution in [0.5, 0.6) is 5.88 Å². The Hall–Kier alpha value is -1.81. The lowest BCUT2D eigenvalue weighted by molar-refractivity contribution is 0.304. The van der Waals surface area contributed by atoms with Crippen molar-refractivity contribution in [2.24, 2.45) is 0 Å². The van der Waals surface area contributed by atoms with Crippen molar-refractivity contribution in [3.8, 4) is 5.88 Å². The predicted octanol–water partition coefficient (Wildman–Crippen LogP) is 3.83. The maximum atomic E-state index is 6.17. The van der Waals surface area contributed by atoms with E-state index in [1.54, 1.807) is 12.4 Å². The number of nitrogens with one attached hydrogen (secondary N) is 1. The number of benzene rings is 1. The highest BCUT2D eigenvalue weighted by atomic mass is 35.5. The van der Waals surface area contributed by atoms with E-state index in [4.69, 9.17) is 16.3 Å². The molecule has 1 N–H and O–H groups in total. The number of ether oxygens (including phenoxy) is 1. The van der Waals surface area contributed by atoms with Gasteiger partial charge in [0.05, 0.1) is 24.5 Å². The Morgan fingerprint density at radius 3 is 2.67 bits per heavy atom. The highest BCUT2D eigenvalue weighted by molar-refractivity contribution is 6.18. The van der Waals surface area contributed by atoms with Gasteiger partial charge in [-0.3, -0.25) is 4.98 Å². The topological polar surface area (TPSA) is 47.0 Å². The average molecular weight is 306 g/mol. The smallest absolute Gasteiger partial charge is 0.234 e. The molecule has 0 radical (unpaired) electrons. The van der Waals surface area contributed by atoms with Crippen LogP contribution in [0.2, 0.25) is 0 Å². The van der Waals surface area contributed by atoms with Gasteiger partial charge in [0.15, 0.2) is 0 Å². The fourth-order valence-electron chi connectivity index (χ4n) is 1.96. The normalized spacial score (nSPS) is 13.5. The van der Waals surface area contributed by atoms with E-state index in [1.807, 2.05) is 37.3 Å². The van der Waals surface area contributed by atoms with Crippen LogP contribution < -0.4 is 10.1 Å². The number of hydrogen-bond acceptors (Lipinski definition) is 4. The van der Waals surface area contributed by atoms with Gasteiger partial charge in [-0.1, -0.05) is 37.3 Å². The number of alkyl halides is 1. The fraction of sp³-hybridized carbons (Fsp3) is 0.375. The summed E-state index contributed by atoms with van der Waals surface area (Å²) in [6.07, 6.45) is 4.22. The number of halogens is 1. The Labute approximate surface area is 130 Å². The first-order chi connectivity index (χ1) is 10.2. The minimum Gasteiger partial charge on any atom is -0.477 e. The largest absolute Gasteiger partial charge is 0.477 e. The second-order valence-electron chi connectivity index (χ2n) is 5.05. The van der Waals surface area contributed by atoms with Crippen LogP contribution in [0.15, 0.2) is 42.7 Å². The van der Waals surface area contributed by atoms with Crippen molar-refractivity contribution in [2.75, 3.05) is 17.8 Å². The van der Waals surface area contributed by atoms with Crippen LogP contribution in [-0.4, -0.2) is 22.5 Å². The predicted molar refractivity (Wildman–Crippen MR) is 86.0 cm³/mol. The Balaban J connectivity index is 2.18. The van der Waals surface area contributed by atoms with Crippen LogP contribution in [-0.2, 0) is 5.54 Å². The summed E-state index contributed by atoms with van der Waals surface area (Å²) in [7, 11) is 0. The molecule has 2 aromatic rings. The van der Waals surface area contributed by atoms with E-state index >= 15 is 0 Å². The molecule has 0 saturated carbocycles. The van der Waals surface area contributed by atoms with Crippen molar-refractivity contribution in [1.82, 2.24) is 9.97 Å². The number of nitrogens with zero attached hydrogens (tertiary/aromatic N) is 2. The van der Waals surface area contributed by atoms with Crippen LogP contribution in [0.25, 0.3) is 0 Å². The summed E-state index contributed by atoms with van der Waals surface area (Å²) in [5.41, 5.74) is 0.683. The second kappa shape index (κ2) is 7.27. The van der Waals surface area contributed by atoms with Crippen LogP contribution in [0, 0.1) is 0 Å². The van der Waals surface area contributed by atoms with Crippen LogP contribution >= 0.6 is 11.6 Å². The lowest BCUT2D eigenvalue weighted by Gasteiger charge is -2.29. The van der Waals surface area contributed by atoms with Crippen LogP contribution in [0.4, 0.5) is 5.82 Å². The van der Waals surface area contributed by atoms with E-state index in [1.165, 1.54) is 0 Å². The highest BCUT2D eigenvalue weighted by Gasteiger charge is 2.26. The first kappa shape index (κ1) is 15.6. The van der Waals surface area contributed by atoms with Crippen molar-refractivity contribution < 1.29 is 4.74 Å². The summed E-state index contributed by atoms with van der Waals surface area (Å²) in [5.74, 6) is 1.58. The molecule has 112 valence electrons. The maximum absolute atomic E-state index is 6.17. The molecule has 0 spiro atoms. The van der Waals surface area contributed by atoms with E-state index in [0.717, 1.165) is 12.0 Å². The molecule has 1 aromatic carbocycles. The first-order valence-electron chi connectivity index (χ1n) is 7.02. The highest BCUT2D eigenvalue weighted by Crippen LogP contribution is 2.27. The van der Waals surface area contributed by atoms with Gasteiger partial charge in [0.2, 0.25) is 5.88 Å². The molecule has 1 aromatic heterocycles. The van der Waals surface area contributed by atoms with Crippen molar-refractivity contribution in [3.05, 3.63) is 48.3 Å². The molecule has 0 amide bonds. The maximum Gasteiger partial charge on any atom is 0.234 e. The quantitative estimate of drug-likeness (QED) is 0.790. The third-order valence-corrected chi connectivity index (χ3v) is 3.68. The molecular formula is C16H20ClN3O. The molecule has 1 atom stereocenters. The Morgan fingerprint density at radius 1 is 1.24 bits per heavy atom. The lowest BCUT2D eigenvalue weighted by atomic mass is 9.94. The van der Waals surface area contributed by atoms with Gasteiger partial charge in [0.25, 0.3) is 0 Å². The first-order valence-corrected chi connectivity index (χ1v) is 7.56. The molecule has 0 fully saturated rings. The number of aromatic nitrogens is 2. The molecular weight excluding hydrogens is 286 g/mol. The standard InChI is InChI=1S/C16H20ClN3O/c1-3-9-21-15-11-18-10-14(19-15)20-16(2,12-17)13-7-5-4-6-8-13/h4-8,10-11H,3,9,12H2,1-2H3,(H,19,20). The average Bonchev–Trinajstić information content (AvgIpc) is 2.54. The van der Waals surface area contributed by atoms with Crippen molar-refractivity contribution in [1.29, 1.82) is 0 Å². The molecule has 0 aliphatic rings. The Kier molecular flexibility index (Phi) is 5.39. The molecule has 1 heterocycles. The van der Waals surface area contributed by atoms with E-state index in [9.17, 15) is 0 Å². The molecule has 0 bridgehead atoms. The summed E-state index contributed by atoms with van der Waals surface area (Å²) in [4.78, 5) is 8.57. The van der Waals surface area contributed by atoms with Crippen molar-refractivity contribution >= 4 is 17.4 Å². The van der Waals surface area contributed by atoms with Crippen molar-refractivity contribution in [2.45, 2.75) is 25.8 Å². The summed E-state index contributed by atoms with van der Waals surface area (Å²) in [6.45, 7) is 4.72. The van der Waals surface area contributed by atoms with Gasteiger partial charge in [-0.2, -0.15) is 4.98 Å². The molecule has 0 aliphatic carbocycles. The lowest BCUT2D eigenvalue weighted by Crippen LogP contribution is -2.34. The van der Waals surface area contributed by atoms with Gasteiger partial charge < -0.3 is 10.1 Å². The fourth-order valence-corrected chi connectivity index (χ4v) is 2.18. The van der Waals surface area contributed by atoms with Gasteiger partial charge in [0, 0.05) is 5.88 Å². The number of hydrogen-bond donors (Lipinski definition) is 1. The zero-order chi connectivity index (χ0) is 15.1. The molecule has 0 aliphatic heterocycles. The van der Waals surface area contributed by atoms with E-state index in [2.05, 4.69) is 22.2 Å². The van der Waals surface area contributed by atoms with Gasteiger partial charge in [0.1, 0.15) is 5.82 Å². The summed E-state index contributed by atoms with van der Waals surface area (Å²) in [6, 6.07) is 10.1. The van der Waals surface area contributed by atoms with E-state index < -0.39 is 5.54 Å². The van der Waals surface area contributed by atoms with Crippen LogP contribution in [0.1, 0.15) is 25.8 Å². The van der Waals surface area contributed by atoms with Crippen molar-refractivity contribution in [3.63, 3.8) is 0 Å². The summed E-state index contributed by atoms with van der Waals surface area (Å²) in [5, 5.41) is 3.35. The van der Waals surface area contributed by atoms with E-state index in [0.29, 0.717) is 24.2 Å². The summed E-state index contributed by atoms with van der Waals surface area (Å²) >= 11 is 6.17. The van der Waals surface area contributed by atoms with Gasteiger partial charge in [-0.05, 0) is 18.9 Å². The third-order valence-electron chi connectivity index (χ3n) is 3.15. The number of anilines is 1. The minimum absolute atomic E-state index is 0.415. The molecule has 0 saturated heterocycles. The van der Waals surface area contributed by atoms with Gasteiger partial charge >= 0.3 is 0 Å². The Morgan fingerprint density at radius 2 is 2.00 bits per heavy atom. The monoisotopic (exact) mass is 305 g/mol. The zero-order valence-corrected chi connectivity index (χ0v) is 13.1. The summed E-state index contributed by atoms with van der Waals surface area (Å²) < 4.78 is 5.50. The minimum atomic E-state index is -0.416. The van der Waals surface area contributed by atoms with E-state index in [-0.39, 0.29) is 0 Å². The SMILES string of the molecule is CCCOc1cncc(NC(C)(CCl)c2ccccc2)n1. The molecule has 5 heteroatoms. The Bertz CT molecular complexity index is 564. The van der Waals surface area contributed by atoms with Gasteiger partial charge in [-0.25, -0.2) is 0 Å². The third kappa shape index (κ3) is 4.08. The molecule has 1 unspecified atom stereocenters. The zero-order valence-electron chi connectivity index (χ0n) is 12.3. The molecule has 4 nitrogen and oxygen atoms in total. The van der Waals surface area contributed by atoms with Crippen LogP contribution in [0.3, 0.4) is 0 Å².